The van der Waals surface area contributed by atoms with Crippen LogP contribution in [0.25, 0.3) is 11.3 Å². The molecule has 0 saturated carbocycles. The zero-order chi connectivity index (χ0) is 9.97. The second-order valence-electron chi connectivity index (χ2n) is 2.74. The number of halogens is 1. The average molecular weight is 191 g/mol. The van der Waals surface area contributed by atoms with Crippen LogP contribution >= 0.6 is 0 Å². The number of carbonyl (C=O) groups excluding carboxylic acids is 1. The van der Waals surface area contributed by atoms with E-state index in [1.807, 2.05) is 0 Å². The van der Waals surface area contributed by atoms with Gasteiger partial charge in [0.05, 0.1) is 0 Å². The van der Waals surface area contributed by atoms with Crippen LogP contribution in [0.15, 0.2) is 34.9 Å². The van der Waals surface area contributed by atoms with Crippen LogP contribution in [0.2, 0.25) is 0 Å². The second kappa shape index (κ2) is 3.41. The maximum atomic E-state index is 12.6. The lowest BCUT2D eigenvalue weighted by atomic mass is 10.1. The highest BCUT2D eigenvalue weighted by molar-refractivity contribution is 5.74. The lowest BCUT2D eigenvalue weighted by Gasteiger charge is -1.93. The number of nitrogens with zero attached hydrogens (tertiary/aromatic N) is 1. The molecule has 14 heavy (non-hydrogen) atoms. The Hall–Kier alpha value is -1.97. The third-order valence-corrected chi connectivity index (χ3v) is 1.78. The molecular formula is C10H6FNO2. The van der Waals surface area contributed by atoms with E-state index >= 15 is 0 Å². The molecule has 2 rings (SSSR count). The van der Waals surface area contributed by atoms with Crippen LogP contribution in [-0.4, -0.2) is 11.4 Å². The van der Waals surface area contributed by atoms with E-state index in [9.17, 15) is 9.18 Å². The average Bonchev–Trinajstić information content (AvgIpc) is 2.67. The summed E-state index contributed by atoms with van der Waals surface area (Å²) in [6, 6.07) is 7.26. The van der Waals surface area contributed by atoms with Gasteiger partial charge in [-0.2, -0.15) is 0 Å². The van der Waals surface area contributed by atoms with Gasteiger partial charge in [0.15, 0.2) is 12.0 Å². The summed E-state index contributed by atoms with van der Waals surface area (Å²) < 4.78 is 17.4. The summed E-state index contributed by atoms with van der Waals surface area (Å²) in [5.74, 6) is 0.135. The Morgan fingerprint density at radius 3 is 2.57 bits per heavy atom. The minimum Gasteiger partial charge on any atom is -0.356 e. The van der Waals surface area contributed by atoms with Crippen LogP contribution in [-0.2, 0) is 0 Å². The van der Waals surface area contributed by atoms with Crippen LogP contribution in [0.1, 0.15) is 10.5 Å². The van der Waals surface area contributed by atoms with E-state index in [1.54, 1.807) is 12.1 Å². The quantitative estimate of drug-likeness (QED) is 0.684. The van der Waals surface area contributed by atoms with E-state index < -0.39 is 0 Å². The van der Waals surface area contributed by atoms with Crippen molar-refractivity contribution in [3.63, 3.8) is 0 Å². The first-order valence-corrected chi connectivity index (χ1v) is 3.97. The van der Waals surface area contributed by atoms with Gasteiger partial charge in [-0.25, -0.2) is 4.39 Å². The molecule has 0 bridgehead atoms. The molecule has 0 aliphatic carbocycles. The van der Waals surface area contributed by atoms with Crippen LogP contribution in [0.4, 0.5) is 4.39 Å². The molecule has 1 aromatic heterocycles. The summed E-state index contributed by atoms with van der Waals surface area (Å²) in [6.07, 6.45) is 0.594. The predicted octanol–water partition coefficient (Wildman–Crippen LogP) is 2.29. The fraction of sp³-hybridized carbons (Fsp3) is 0. The molecule has 2 aromatic rings. The van der Waals surface area contributed by atoms with Crippen LogP contribution < -0.4 is 0 Å². The maximum absolute atomic E-state index is 12.6. The van der Waals surface area contributed by atoms with Crippen LogP contribution in [0.5, 0.6) is 0 Å². The Bertz CT molecular complexity index is 447. The molecule has 0 saturated heterocycles. The molecule has 0 N–H and O–H groups in total. The maximum Gasteiger partial charge on any atom is 0.171 e. The first kappa shape index (κ1) is 8.62. The zero-order valence-electron chi connectivity index (χ0n) is 7.11. The largest absolute Gasteiger partial charge is 0.356 e. The minimum absolute atomic E-state index is 0.226. The number of aldehydes is 1. The Morgan fingerprint density at radius 2 is 2.00 bits per heavy atom. The summed E-state index contributed by atoms with van der Waals surface area (Å²) in [5.41, 5.74) is 0.913. The molecule has 0 aliphatic heterocycles. The van der Waals surface area contributed by atoms with Crippen molar-refractivity contribution in [3.8, 4) is 11.3 Å². The van der Waals surface area contributed by atoms with E-state index in [0.29, 0.717) is 17.6 Å². The normalized spacial score (nSPS) is 10.1. The van der Waals surface area contributed by atoms with Crippen molar-refractivity contribution in [1.29, 1.82) is 0 Å². The fourth-order valence-corrected chi connectivity index (χ4v) is 1.09. The molecule has 0 amide bonds. The van der Waals surface area contributed by atoms with Crippen molar-refractivity contribution in [2.45, 2.75) is 0 Å². The minimum atomic E-state index is -0.316. The van der Waals surface area contributed by atoms with Gasteiger partial charge in [-0.05, 0) is 24.3 Å². The highest BCUT2D eigenvalue weighted by atomic mass is 19.1. The SMILES string of the molecule is O=Cc1cc(-c2ccc(F)cc2)on1. The molecule has 0 spiro atoms. The standard InChI is InChI=1S/C10H6FNO2/c11-8-3-1-7(2-4-8)10-5-9(6-13)12-14-10/h1-6H. The van der Waals surface area contributed by atoms with E-state index in [1.165, 1.54) is 18.2 Å². The van der Waals surface area contributed by atoms with Gasteiger partial charge >= 0.3 is 0 Å². The Kier molecular flexibility index (Phi) is 2.10. The summed E-state index contributed by atoms with van der Waals surface area (Å²) in [6.45, 7) is 0. The molecule has 0 aliphatic rings. The van der Waals surface area contributed by atoms with E-state index in [2.05, 4.69) is 5.16 Å². The molecule has 0 radical (unpaired) electrons. The van der Waals surface area contributed by atoms with Gasteiger partial charge in [0.1, 0.15) is 11.5 Å². The lowest BCUT2D eigenvalue weighted by Crippen LogP contribution is -1.75. The third-order valence-electron chi connectivity index (χ3n) is 1.78. The topological polar surface area (TPSA) is 43.1 Å². The molecular weight excluding hydrogens is 185 g/mol. The molecule has 1 aromatic carbocycles. The zero-order valence-corrected chi connectivity index (χ0v) is 7.11. The van der Waals surface area contributed by atoms with Gasteiger partial charge in [-0.3, -0.25) is 4.79 Å². The third kappa shape index (κ3) is 1.54. The Balaban J connectivity index is 2.39. The van der Waals surface area contributed by atoms with E-state index in [-0.39, 0.29) is 11.5 Å². The molecule has 0 unspecified atom stereocenters. The summed E-state index contributed by atoms with van der Waals surface area (Å²) in [7, 11) is 0. The summed E-state index contributed by atoms with van der Waals surface area (Å²) >= 11 is 0. The molecule has 4 heteroatoms. The highest BCUT2D eigenvalue weighted by Crippen LogP contribution is 2.19. The fourth-order valence-electron chi connectivity index (χ4n) is 1.09. The second-order valence-corrected chi connectivity index (χ2v) is 2.74. The van der Waals surface area contributed by atoms with Gasteiger partial charge in [0.25, 0.3) is 0 Å². The van der Waals surface area contributed by atoms with Gasteiger partial charge in [0.2, 0.25) is 0 Å². The number of hydrogen-bond acceptors (Lipinski definition) is 3. The lowest BCUT2D eigenvalue weighted by molar-refractivity contribution is 0.111. The van der Waals surface area contributed by atoms with Gasteiger partial charge in [-0.1, -0.05) is 5.16 Å². The van der Waals surface area contributed by atoms with Crippen molar-refractivity contribution in [2.75, 3.05) is 0 Å². The van der Waals surface area contributed by atoms with Crippen molar-refractivity contribution in [3.05, 3.63) is 41.8 Å². The predicted molar refractivity (Wildman–Crippen MR) is 47.3 cm³/mol. The molecule has 0 fully saturated rings. The van der Waals surface area contributed by atoms with Crippen LogP contribution in [0.3, 0.4) is 0 Å². The smallest absolute Gasteiger partial charge is 0.171 e. The Morgan fingerprint density at radius 1 is 1.29 bits per heavy atom. The van der Waals surface area contributed by atoms with Gasteiger partial charge in [0, 0.05) is 11.6 Å². The van der Waals surface area contributed by atoms with E-state index in [0.717, 1.165) is 0 Å². The van der Waals surface area contributed by atoms with Crippen LogP contribution in [0, 0.1) is 5.82 Å². The Labute approximate surface area is 79.1 Å². The number of hydrogen-bond donors (Lipinski definition) is 0. The number of rotatable bonds is 2. The summed E-state index contributed by atoms with van der Waals surface area (Å²) in [5, 5.41) is 3.50. The van der Waals surface area contributed by atoms with Crippen molar-refractivity contribution >= 4 is 6.29 Å². The molecule has 3 nitrogen and oxygen atoms in total. The monoisotopic (exact) mass is 191 g/mol. The number of aromatic nitrogens is 1. The van der Waals surface area contributed by atoms with Crippen molar-refractivity contribution < 1.29 is 13.7 Å². The van der Waals surface area contributed by atoms with Crippen molar-refractivity contribution in [1.82, 2.24) is 5.16 Å². The highest BCUT2D eigenvalue weighted by Gasteiger charge is 2.05. The number of carbonyl (C=O) groups is 1. The first-order valence-electron chi connectivity index (χ1n) is 3.97. The summed E-state index contributed by atoms with van der Waals surface area (Å²) in [4.78, 5) is 10.3. The van der Waals surface area contributed by atoms with E-state index in [4.69, 9.17) is 4.52 Å². The molecule has 1 heterocycles. The molecule has 70 valence electrons. The van der Waals surface area contributed by atoms with Gasteiger partial charge in [-0.15, -0.1) is 0 Å². The van der Waals surface area contributed by atoms with Gasteiger partial charge < -0.3 is 4.52 Å². The first-order chi connectivity index (χ1) is 6.79. The molecule has 0 atom stereocenters. The van der Waals surface area contributed by atoms with Crippen molar-refractivity contribution in [2.24, 2.45) is 0 Å². The number of benzene rings is 1.